The van der Waals surface area contributed by atoms with Gasteiger partial charge < -0.3 is 10.1 Å². The van der Waals surface area contributed by atoms with Crippen LogP contribution in [-0.4, -0.2) is 28.0 Å². The average molecular weight is 493 g/mol. The topological polar surface area (TPSA) is 75.7 Å². The molecular formula is C24H23F3N2O4S. The van der Waals surface area contributed by atoms with Gasteiger partial charge in [-0.25, -0.2) is 8.42 Å². The summed E-state index contributed by atoms with van der Waals surface area (Å²) >= 11 is 0. The van der Waals surface area contributed by atoms with E-state index >= 15 is 0 Å². The smallest absolute Gasteiger partial charge is 0.416 e. The van der Waals surface area contributed by atoms with Gasteiger partial charge in [0.25, 0.3) is 10.0 Å². The van der Waals surface area contributed by atoms with Crippen molar-refractivity contribution in [2.45, 2.75) is 24.5 Å². The van der Waals surface area contributed by atoms with Crippen LogP contribution in [0, 0.1) is 6.92 Å². The maximum absolute atomic E-state index is 13.6. The number of hydrogen-bond acceptors (Lipinski definition) is 4. The molecule has 0 aliphatic rings. The number of hydrogen-bond donors (Lipinski definition) is 1. The summed E-state index contributed by atoms with van der Waals surface area (Å²) in [4.78, 5) is 12.4. The summed E-state index contributed by atoms with van der Waals surface area (Å²) in [6.07, 6.45) is -4.69. The normalized spacial score (nSPS) is 11.7. The van der Waals surface area contributed by atoms with Crippen molar-refractivity contribution >= 4 is 21.6 Å². The zero-order chi connectivity index (χ0) is 24.9. The summed E-state index contributed by atoms with van der Waals surface area (Å²) in [5.74, 6) is -0.677. The molecule has 0 spiro atoms. The molecule has 0 unspecified atom stereocenters. The Labute approximate surface area is 196 Å². The van der Waals surface area contributed by atoms with Crippen LogP contribution < -0.4 is 14.4 Å². The van der Waals surface area contributed by atoms with E-state index in [2.05, 4.69) is 5.32 Å². The van der Waals surface area contributed by atoms with Crippen LogP contribution in [0.4, 0.5) is 18.9 Å². The Hall–Kier alpha value is -3.53. The van der Waals surface area contributed by atoms with Crippen LogP contribution in [0.25, 0.3) is 0 Å². The first-order valence-electron chi connectivity index (χ1n) is 10.2. The highest BCUT2D eigenvalue weighted by Crippen LogP contribution is 2.35. The Kier molecular flexibility index (Phi) is 7.51. The van der Waals surface area contributed by atoms with Gasteiger partial charge in [0.15, 0.2) is 0 Å². The molecule has 0 fully saturated rings. The zero-order valence-corrected chi connectivity index (χ0v) is 19.3. The average Bonchev–Trinajstić information content (AvgIpc) is 2.81. The van der Waals surface area contributed by atoms with Gasteiger partial charge in [-0.15, -0.1) is 0 Å². The number of methoxy groups -OCH3 is 1. The minimum absolute atomic E-state index is 0.00673. The first kappa shape index (κ1) is 25.1. The quantitative estimate of drug-likeness (QED) is 0.501. The van der Waals surface area contributed by atoms with Crippen molar-refractivity contribution in [1.82, 2.24) is 5.32 Å². The van der Waals surface area contributed by atoms with Gasteiger partial charge in [-0.1, -0.05) is 42.5 Å². The number of nitrogens with one attached hydrogen (secondary N) is 1. The molecule has 0 saturated heterocycles. The molecule has 0 heterocycles. The molecular weight excluding hydrogens is 469 g/mol. The van der Waals surface area contributed by atoms with Crippen molar-refractivity contribution in [3.8, 4) is 5.75 Å². The Morgan fingerprint density at radius 1 is 1.00 bits per heavy atom. The van der Waals surface area contributed by atoms with Gasteiger partial charge in [0.05, 0.1) is 18.4 Å². The molecule has 3 rings (SSSR count). The van der Waals surface area contributed by atoms with Crippen molar-refractivity contribution in [1.29, 1.82) is 0 Å². The highest BCUT2D eigenvalue weighted by atomic mass is 32.2. The Morgan fingerprint density at radius 3 is 2.35 bits per heavy atom. The van der Waals surface area contributed by atoms with Gasteiger partial charge in [-0.3, -0.25) is 9.10 Å². The second kappa shape index (κ2) is 10.2. The molecule has 0 saturated carbocycles. The van der Waals surface area contributed by atoms with E-state index in [-0.39, 0.29) is 22.9 Å². The van der Waals surface area contributed by atoms with Gasteiger partial charge in [0.2, 0.25) is 5.91 Å². The molecule has 6 nitrogen and oxygen atoms in total. The van der Waals surface area contributed by atoms with Crippen molar-refractivity contribution in [2.75, 3.05) is 18.0 Å². The van der Waals surface area contributed by atoms with E-state index < -0.39 is 34.2 Å². The number of sulfonamides is 1. The van der Waals surface area contributed by atoms with Crippen molar-refractivity contribution in [2.24, 2.45) is 0 Å². The Balaban J connectivity index is 2.02. The van der Waals surface area contributed by atoms with Crippen LogP contribution in [0.3, 0.4) is 0 Å². The molecule has 0 aromatic heterocycles. The number of benzene rings is 3. The maximum Gasteiger partial charge on any atom is 0.416 e. The van der Waals surface area contributed by atoms with Gasteiger partial charge in [-0.05, 0) is 48.4 Å². The second-order valence-electron chi connectivity index (χ2n) is 7.48. The molecule has 0 atom stereocenters. The molecule has 180 valence electrons. The lowest BCUT2D eigenvalue weighted by Crippen LogP contribution is -2.41. The van der Waals surface area contributed by atoms with E-state index in [9.17, 15) is 26.4 Å². The van der Waals surface area contributed by atoms with E-state index in [4.69, 9.17) is 4.74 Å². The number of carbonyl (C=O) groups excluding carboxylic acids is 1. The number of ether oxygens (including phenoxy) is 1. The molecule has 3 aromatic rings. The summed E-state index contributed by atoms with van der Waals surface area (Å²) in [5, 5.41) is 2.61. The lowest BCUT2D eigenvalue weighted by Gasteiger charge is -2.26. The third-order valence-electron chi connectivity index (χ3n) is 4.97. The second-order valence-corrected chi connectivity index (χ2v) is 9.31. The number of anilines is 1. The fourth-order valence-corrected chi connectivity index (χ4v) is 4.90. The van der Waals surface area contributed by atoms with Crippen LogP contribution in [0.5, 0.6) is 5.75 Å². The standard InChI is InChI=1S/C24H23F3N2O4S/c1-17-11-12-21(33-2)22(13-17)34(31,32)29(20-10-6-9-19(14-20)24(25,26)27)16-23(30)28-15-18-7-4-3-5-8-18/h3-14H,15-16H2,1-2H3,(H,28,30). The predicted octanol–water partition coefficient (Wildman–Crippen LogP) is 4.53. The molecule has 0 aliphatic carbocycles. The van der Waals surface area contributed by atoms with Crippen molar-refractivity contribution in [3.63, 3.8) is 0 Å². The lowest BCUT2D eigenvalue weighted by molar-refractivity contribution is -0.137. The monoisotopic (exact) mass is 492 g/mol. The molecule has 3 aromatic carbocycles. The van der Waals surface area contributed by atoms with Gasteiger partial charge in [0, 0.05) is 6.54 Å². The molecule has 10 heteroatoms. The van der Waals surface area contributed by atoms with Crippen LogP contribution in [0.2, 0.25) is 0 Å². The molecule has 0 bridgehead atoms. The lowest BCUT2D eigenvalue weighted by atomic mass is 10.2. The van der Waals surface area contributed by atoms with Gasteiger partial charge in [0.1, 0.15) is 17.2 Å². The summed E-state index contributed by atoms with van der Waals surface area (Å²) in [7, 11) is -3.20. The molecule has 0 aliphatic heterocycles. The number of rotatable bonds is 8. The summed E-state index contributed by atoms with van der Waals surface area (Å²) in [6, 6.07) is 17.2. The fraction of sp³-hybridized carbons (Fsp3) is 0.208. The highest BCUT2D eigenvalue weighted by molar-refractivity contribution is 7.93. The summed E-state index contributed by atoms with van der Waals surface area (Å²) in [5.41, 5.74) is 0.0425. The van der Waals surface area contributed by atoms with Crippen molar-refractivity contribution in [3.05, 3.63) is 89.5 Å². The zero-order valence-electron chi connectivity index (χ0n) is 18.5. The number of alkyl halides is 3. The summed E-state index contributed by atoms with van der Waals surface area (Å²) in [6.45, 7) is 1.07. The van der Waals surface area contributed by atoms with E-state index in [1.165, 1.54) is 25.3 Å². The number of carbonyl (C=O) groups is 1. The third-order valence-corrected chi connectivity index (χ3v) is 6.76. The van der Waals surface area contributed by atoms with E-state index in [0.29, 0.717) is 15.9 Å². The fourth-order valence-electron chi connectivity index (χ4n) is 3.24. The molecule has 1 amide bonds. The van der Waals surface area contributed by atoms with E-state index in [1.54, 1.807) is 37.3 Å². The molecule has 34 heavy (non-hydrogen) atoms. The summed E-state index contributed by atoms with van der Waals surface area (Å²) < 4.78 is 73.0. The maximum atomic E-state index is 13.6. The predicted molar refractivity (Wildman–Crippen MR) is 122 cm³/mol. The van der Waals surface area contributed by atoms with Crippen LogP contribution in [-0.2, 0) is 27.5 Å². The third kappa shape index (κ3) is 5.88. The van der Waals surface area contributed by atoms with Gasteiger partial charge >= 0.3 is 6.18 Å². The molecule has 1 N–H and O–H groups in total. The Morgan fingerprint density at radius 2 is 1.71 bits per heavy atom. The first-order chi connectivity index (χ1) is 16.0. The minimum atomic E-state index is -4.69. The van der Waals surface area contributed by atoms with Crippen LogP contribution in [0.1, 0.15) is 16.7 Å². The largest absolute Gasteiger partial charge is 0.495 e. The first-order valence-corrected chi connectivity index (χ1v) is 11.6. The minimum Gasteiger partial charge on any atom is -0.495 e. The number of amides is 1. The number of nitrogens with zero attached hydrogens (tertiary/aromatic N) is 1. The van der Waals surface area contributed by atoms with Crippen molar-refractivity contribution < 1.29 is 31.1 Å². The molecule has 0 radical (unpaired) electrons. The van der Waals surface area contributed by atoms with E-state index in [1.807, 2.05) is 6.07 Å². The number of halogens is 3. The van der Waals surface area contributed by atoms with E-state index in [0.717, 1.165) is 17.7 Å². The van der Waals surface area contributed by atoms with Gasteiger partial charge in [-0.2, -0.15) is 13.2 Å². The number of aryl methyl sites for hydroxylation is 1. The SMILES string of the molecule is COc1ccc(C)cc1S(=O)(=O)N(CC(=O)NCc1ccccc1)c1cccc(C(F)(F)F)c1. The highest BCUT2D eigenvalue weighted by Gasteiger charge is 2.34. The Bertz CT molecular complexity index is 1260. The van der Waals surface area contributed by atoms with Crippen LogP contribution >= 0.6 is 0 Å². The van der Waals surface area contributed by atoms with Crippen LogP contribution in [0.15, 0.2) is 77.7 Å².